The summed E-state index contributed by atoms with van der Waals surface area (Å²) in [6.45, 7) is 7.69. The van der Waals surface area contributed by atoms with Gasteiger partial charge in [-0.25, -0.2) is 0 Å². The fourth-order valence-electron chi connectivity index (χ4n) is 1.54. The van der Waals surface area contributed by atoms with Crippen LogP contribution in [0.5, 0.6) is 0 Å². The molecule has 0 unspecified atom stereocenters. The lowest BCUT2D eigenvalue weighted by molar-refractivity contribution is -0.144. The van der Waals surface area contributed by atoms with Gasteiger partial charge in [0.1, 0.15) is 0 Å². The van der Waals surface area contributed by atoms with Crippen molar-refractivity contribution in [3.05, 3.63) is 11.7 Å². The molecule has 0 aliphatic rings. The second kappa shape index (κ2) is 7.81. The SMILES string of the molecule is CCCc1noc(CN(CC)CC(=O)OCC)n1. The highest BCUT2D eigenvalue weighted by Gasteiger charge is 2.14. The van der Waals surface area contributed by atoms with E-state index in [0.717, 1.165) is 25.2 Å². The summed E-state index contributed by atoms with van der Waals surface area (Å²) in [5.74, 6) is 1.04. The molecule has 0 saturated heterocycles. The summed E-state index contributed by atoms with van der Waals surface area (Å²) in [6, 6.07) is 0. The lowest BCUT2D eigenvalue weighted by Gasteiger charge is -2.16. The maximum absolute atomic E-state index is 11.4. The minimum absolute atomic E-state index is 0.229. The molecule has 0 aliphatic carbocycles. The van der Waals surface area contributed by atoms with E-state index in [4.69, 9.17) is 9.26 Å². The maximum atomic E-state index is 11.4. The van der Waals surface area contributed by atoms with Gasteiger partial charge in [0.2, 0.25) is 5.89 Å². The van der Waals surface area contributed by atoms with Crippen LogP contribution in [0.3, 0.4) is 0 Å². The van der Waals surface area contributed by atoms with Gasteiger partial charge in [0.25, 0.3) is 0 Å². The van der Waals surface area contributed by atoms with Crippen molar-refractivity contribution in [2.45, 2.75) is 40.2 Å². The van der Waals surface area contributed by atoms with E-state index in [0.29, 0.717) is 19.0 Å². The van der Waals surface area contributed by atoms with Crippen LogP contribution in [-0.4, -0.2) is 40.7 Å². The number of aromatic nitrogens is 2. The Balaban J connectivity index is 2.48. The fourth-order valence-corrected chi connectivity index (χ4v) is 1.54. The largest absolute Gasteiger partial charge is 0.465 e. The molecule has 1 heterocycles. The highest BCUT2D eigenvalue weighted by Crippen LogP contribution is 2.04. The quantitative estimate of drug-likeness (QED) is 0.654. The van der Waals surface area contributed by atoms with Gasteiger partial charge >= 0.3 is 5.97 Å². The van der Waals surface area contributed by atoms with Gasteiger partial charge in [-0.1, -0.05) is 19.0 Å². The van der Waals surface area contributed by atoms with Crippen molar-refractivity contribution in [3.63, 3.8) is 0 Å². The zero-order chi connectivity index (χ0) is 13.4. The van der Waals surface area contributed by atoms with Crippen LogP contribution < -0.4 is 0 Å². The van der Waals surface area contributed by atoms with E-state index < -0.39 is 0 Å². The predicted molar refractivity (Wildman–Crippen MR) is 65.9 cm³/mol. The normalized spacial score (nSPS) is 10.9. The van der Waals surface area contributed by atoms with Crippen LogP contribution in [0.25, 0.3) is 0 Å². The van der Waals surface area contributed by atoms with E-state index in [9.17, 15) is 4.79 Å². The maximum Gasteiger partial charge on any atom is 0.320 e. The van der Waals surface area contributed by atoms with Crippen LogP contribution in [0.1, 0.15) is 38.9 Å². The molecule has 0 aromatic carbocycles. The van der Waals surface area contributed by atoms with Gasteiger partial charge < -0.3 is 9.26 Å². The summed E-state index contributed by atoms with van der Waals surface area (Å²) in [4.78, 5) is 17.6. The molecule has 1 aromatic rings. The van der Waals surface area contributed by atoms with Crippen molar-refractivity contribution in [2.24, 2.45) is 0 Å². The van der Waals surface area contributed by atoms with Crippen molar-refractivity contribution in [1.82, 2.24) is 15.0 Å². The number of esters is 1. The third kappa shape index (κ3) is 4.83. The van der Waals surface area contributed by atoms with Gasteiger partial charge in [0.05, 0.1) is 19.7 Å². The molecule has 0 radical (unpaired) electrons. The van der Waals surface area contributed by atoms with Crippen molar-refractivity contribution in [3.8, 4) is 0 Å². The Labute approximate surface area is 107 Å². The topological polar surface area (TPSA) is 68.5 Å². The summed E-state index contributed by atoms with van der Waals surface area (Å²) in [6.07, 6.45) is 1.80. The molecule has 1 rings (SSSR count). The first-order valence-electron chi connectivity index (χ1n) is 6.39. The number of nitrogens with zero attached hydrogens (tertiary/aromatic N) is 3. The summed E-state index contributed by atoms with van der Waals surface area (Å²) < 4.78 is 10.0. The van der Waals surface area contributed by atoms with Gasteiger partial charge in [-0.05, 0) is 19.9 Å². The molecule has 0 spiro atoms. The third-order valence-corrected chi connectivity index (χ3v) is 2.45. The Morgan fingerprint density at radius 1 is 1.39 bits per heavy atom. The van der Waals surface area contributed by atoms with E-state index in [1.165, 1.54) is 0 Å². The second-order valence-corrected chi connectivity index (χ2v) is 3.96. The van der Waals surface area contributed by atoms with Gasteiger partial charge in [0.15, 0.2) is 5.82 Å². The van der Waals surface area contributed by atoms with Gasteiger partial charge in [-0.15, -0.1) is 0 Å². The zero-order valence-corrected chi connectivity index (χ0v) is 11.3. The van der Waals surface area contributed by atoms with E-state index in [2.05, 4.69) is 17.1 Å². The van der Waals surface area contributed by atoms with Gasteiger partial charge in [-0.3, -0.25) is 9.69 Å². The molecule has 0 aliphatic heterocycles. The molecule has 1 aromatic heterocycles. The summed E-state index contributed by atoms with van der Waals surface area (Å²) in [5, 5.41) is 3.88. The van der Waals surface area contributed by atoms with Gasteiger partial charge in [-0.2, -0.15) is 4.98 Å². The lowest BCUT2D eigenvalue weighted by atomic mass is 10.3. The van der Waals surface area contributed by atoms with E-state index in [-0.39, 0.29) is 12.5 Å². The van der Waals surface area contributed by atoms with E-state index >= 15 is 0 Å². The Kier molecular flexibility index (Phi) is 6.35. The van der Waals surface area contributed by atoms with Crippen LogP contribution >= 0.6 is 0 Å². The average Bonchev–Trinajstić information content (AvgIpc) is 2.76. The van der Waals surface area contributed by atoms with Crippen molar-refractivity contribution in [2.75, 3.05) is 19.7 Å². The molecular weight excluding hydrogens is 234 g/mol. The van der Waals surface area contributed by atoms with E-state index in [1.54, 1.807) is 6.92 Å². The number of carbonyl (C=O) groups excluding carboxylic acids is 1. The Morgan fingerprint density at radius 3 is 2.78 bits per heavy atom. The number of hydrogen-bond donors (Lipinski definition) is 0. The number of aryl methyl sites for hydroxylation is 1. The highest BCUT2D eigenvalue weighted by molar-refractivity contribution is 5.71. The molecular formula is C12H21N3O3. The molecule has 6 heteroatoms. The predicted octanol–water partition coefficient (Wildman–Crippen LogP) is 1.41. The van der Waals surface area contributed by atoms with Crippen LogP contribution in [0, 0.1) is 0 Å². The first-order valence-corrected chi connectivity index (χ1v) is 6.39. The summed E-state index contributed by atoms with van der Waals surface area (Å²) in [7, 11) is 0. The molecule has 102 valence electrons. The van der Waals surface area contributed by atoms with Gasteiger partial charge in [0, 0.05) is 6.42 Å². The first kappa shape index (κ1) is 14.6. The highest BCUT2D eigenvalue weighted by atomic mass is 16.5. The third-order valence-electron chi connectivity index (χ3n) is 2.45. The van der Waals surface area contributed by atoms with Crippen molar-refractivity contribution in [1.29, 1.82) is 0 Å². The number of hydrogen-bond acceptors (Lipinski definition) is 6. The molecule has 0 bridgehead atoms. The Bertz CT molecular complexity index is 365. The first-order chi connectivity index (χ1) is 8.69. The average molecular weight is 255 g/mol. The lowest BCUT2D eigenvalue weighted by Crippen LogP contribution is -2.30. The van der Waals surface area contributed by atoms with Crippen molar-refractivity contribution < 1.29 is 14.1 Å². The molecule has 0 saturated carbocycles. The standard InChI is InChI=1S/C12H21N3O3/c1-4-7-10-13-11(18-14-10)8-15(5-2)9-12(16)17-6-3/h4-9H2,1-3H3. The fraction of sp³-hybridized carbons (Fsp3) is 0.750. The second-order valence-electron chi connectivity index (χ2n) is 3.96. The monoisotopic (exact) mass is 255 g/mol. The number of ether oxygens (including phenoxy) is 1. The molecule has 0 amide bonds. The van der Waals surface area contributed by atoms with Crippen LogP contribution in [0.4, 0.5) is 0 Å². The molecule has 6 nitrogen and oxygen atoms in total. The molecule has 0 atom stereocenters. The van der Waals surface area contributed by atoms with Crippen LogP contribution in [-0.2, 0) is 22.5 Å². The van der Waals surface area contributed by atoms with Crippen molar-refractivity contribution >= 4 is 5.97 Å². The Hall–Kier alpha value is -1.43. The minimum atomic E-state index is -0.229. The smallest absolute Gasteiger partial charge is 0.320 e. The minimum Gasteiger partial charge on any atom is -0.465 e. The number of carbonyl (C=O) groups is 1. The van der Waals surface area contributed by atoms with Crippen LogP contribution in [0.15, 0.2) is 4.52 Å². The summed E-state index contributed by atoms with van der Waals surface area (Å²) >= 11 is 0. The summed E-state index contributed by atoms with van der Waals surface area (Å²) in [5.41, 5.74) is 0. The zero-order valence-electron chi connectivity index (χ0n) is 11.3. The van der Waals surface area contributed by atoms with E-state index in [1.807, 2.05) is 11.8 Å². The number of rotatable bonds is 8. The van der Waals surface area contributed by atoms with Crippen LogP contribution in [0.2, 0.25) is 0 Å². The molecule has 18 heavy (non-hydrogen) atoms. The Morgan fingerprint density at radius 2 is 2.17 bits per heavy atom. The molecule has 0 N–H and O–H groups in total. The number of likely N-dealkylation sites (N-methyl/N-ethyl adjacent to an activating group) is 1. The molecule has 0 fully saturated rings.